The van der Waals surface area contributed by atoms with Gasteiger partial charge in [0, 0.05) is 18.8 Å². The second-order valence-corrected chi connectivity index (χ2v) is 6.11. The van der Waals surface area contributed by atoms with Gasteiger partial charge in [-0.3, -0.25) is 4.98 Å². The van der Waals surface area contributed by atoms with Crippen molar-refractivity contribution in [3.63, 3.8) is 0 Å². The first-order valence-electron chi connectivity index (χ1n) is 8.20. The molecule has 0 saturated carbocycles. The van der Waals surface area contributed by atoms with Crippen LogP contribution in [0, 0.1) is 6.92 Å². The summed E-state index contributed by atoms with van der Waals surface area (Å²) in [4.78, 5) is 19.7. The molecule has 0 saturated heterocycles. The number of rotatable bonds is 3. The topological polar surface area (TPSA) is 67.3 Å². The third-order valence-corrected chi connectivity index (χ3v) is 4.07. The average Bonchev–Trinajstić information content (AvgIpc) is 3.01. The highest BCUT2D eigenvalue weighted by atomic mass is 19.4. The molecular formula is C19H14F3N5. The van der Waals surface area contributed by atoms with Gasteiger partial charge in [0.25, 0.3) is 0 Å². The number of aromatic nitrogens is 5. The van der Waals surface area contributed by atoms with E-state index in [-0.39, 0.29) is 11.9 Å². The SMILES string of the molecule is Cc1nc2c(C(F)(F)F)cc(Cc3nccc(-c4ccccn4)n3)cc2[nH]1. The Balaban J connectivity index is 1.74. The molecule has 0 spiro atoms. The van der Waals surface area contributed by atoms with Crippen molar-refractivity contribution in [3.8, 4) is 11.4 Å². The van der Waals surface area contributed by atoms with Crippen LogP contribution in [0.25, 0.3) is 22.4 Å². The summed E-state index contributed by atoms with van der Waals surface area (Å²) < 4.78 is 40.3. The normalized spacial score (nSPS) is 11.9. The van der Waals surface area contributed by atoms with Crippen molar-refractivity contribution >= 4 is 11.0 Å². The lowest BCUT2D eigenvalue weighted by atomic mass is 10.1. The molecule has 0 aliphatic rings. The Morgan fingerprint density at radius 2 is 1.81 bits per heavy atom. The van der Waals surface area contributed by atoms with Crippen molar-refractivity contribution in [3.05, 3.63) is 71.6 Å². The molecule has 0 bridgehead atoms. The van der Waals surface area contributed by atoms with Gasteiger partial charge in [0.15, 0.2) is 0 Å². The number of hydrogen-bond donors (Lipinski definition) is 1. The molecule has 0 radical (unpaired) electrons. The van der Waals surface area contributed by atoms with Crippen molar-refractivity contribution in [2.75, 3.05) is 0 Å². The molecule has 4 aromatic rings. The standard InChI is InChI=1S/C19H14F3N5/c1-11-25-16-9-12(8-13(18(16)26-11)19(20,21)22)10-17-24-7-5-15(27-17)14-4-2-3-6-23-14/h2-9H,10H2,1H3,(H,25,26). The average molecular weight is 369 g/mol. The first kappa shape index (κ1) is 17.1. The van der Waals surface area contributed by atoms with E-state index in [0.29, 0.717) is 34.1 Å². The van der Waals surface area contributed by atoms with Crippen molar-refractivity contribution in [2.24, 2.45) is 0 Å². The number of nitrogens with one attached hydrogen (secondary N) is 1. The van der Waals surface area contributed by atoms with E-state index in [1.54, 1.807) is 37.5 Å². The number of halogens is 3. The van der Waals surface area contributed by atoms with Gasteiger partial charge < -0.3 is 4.98 Å². The molecule has 0 atom stereocenters. The minimum absolute atomic E-state index is 0.0769. The van der Waals surface area contributed by atoms with Crippen LogP contribution in [0.3, 0.4) is 0 Å². The van der Waals surface area contributed by atoms with Gasteiger partial charge in [-0.25, -0.2) is 15.0 Å². The molecule has 3 heterocycles. The second-order valence-electron chi connectivity index (χ2n) is 6.11. The maximum Gasteiger partial charge on any atom is 0.418 e. The molecule has 1 N–H and O–H groups in total. The number of fused-ring (bicyclic) bond motifs is 1. The number of H-pyrrole nitrogens is 1. The van der Waals surface area contributed by atoms with Crippen LogP contribution < -0.4 is 0 Å². The van der Waals surface area contributed by atoms with Crippen molar-refractivity contribution in [2.45, 2.75) is 19.5 Å². The highest BCUT2D eigenvalue weighted by Crippen LogP contribution is 2.35. The molecule has 0 aliphatic carbocycles. The summed E-state index contributed by atoms with van der Waals surface area (Å²) >= 11 is 0. The fourth-order valence-corrected chi connectivity index (χ4v) is 2.94. The predicted octanol–water partition coefficient (Wildman–Crippen LogP) is 4.33. The van der Waals surface area contributed by atoms with Crippen molar-refractivity contribution in [1.82, 2.24) is 24.9 Å². The van der Waals surface area contributed by atoms with E-state index in [1.807, 2.05) is 12.1 Å². The minimum atomic E-state index is -4.49. The Morgan fingerprint density at radius 1 is 0.963 bits per heavy atom. The van der Waals surface area contributed by atoms with E-state index in [2.05, 4.69) is 24.9 Å². The van der Waals surface area contributed by atoms with Gasteiger partial charge in [-0.1, -0.05) is 6.07 Å². The number of nitrogens with zero attached hydrogens (tertiary/aromatic N) is 4. The summed E-state index contributed by atoms with van der Waals surface area (Å²) in [6, 6.07) is 9.93. The largest absolute Gasteiger partial charge is 0.418 e. The molecule has 4 rings (SSSR count). The summed E-state index contributed by atoms with van der Waals surface area (Å²) in [5.41, 5.74) is 1.26. The first-order valence-corrected chi connectivity index (χ1v) is 8.20. The molecule has 0 amide bonds. The van der Waals surface area contributed by atoms with E-state index < -0.39 is 11.7 Å². The fraction of sp³-hybridized carbons (Fsp3) is 0.158. The molecule has 5 nitrogen and oxygen atoms in total. The summed E-state index contributed by atoms with van der Waals surface area (Å²) in [5.74, 6) is 0.850. The summed E-state index contributed by atoms with van der Waals surface area (Å²) in [5, 5.41) is 0. The lowest BCUT2D eigenvalue weighted by Gasteiger charge is -2.10. The third kappa shape index (κ3) is 3.51. The van der Waals surface area contributed by atoms with Crippen LogP contribution in [0.4, 0.5) is 13.2 Å². The fourth-order valence-electron chi connectivity index (χ4n) is 2.94. The molecule has 3 aromatic heterocycles. The quantitative estimate of drug-likeness (QED) is 0.584. The van der Waals surface area contributed by atoms with Gasteiger partial charge in [0.2, 0.25) is 0 Å². The zero-order valence-electron chi connectivity index (χ0n) is 14.2. The molecule has 0 aliphatic heterocycles. The first-order chi connectivity index (χ1) is 12.9. The number of benzene rings is 1. The molecule has 136 valence electrons. The van der Waals surface area contributed by atoms with Crippen molar-refractivity contribution < 1.29 is 13.2 Å². The Morgan fingerprint density at radius 3 is 2.56 bits per heavy atom. The number of pyridine rings is 1. The van der Waals surface area contributed by atoms with E-state index in [4.69, 9.17) is 0 Å². The maximum atomic E-state index is 13.4. The van der Waals surface area contributed by atoms with Crippen LogP contribution in [0.5, 0.6) is 0 Å². The van der Waals surface area contributed by atoms with Crippen LogP contribution in [-0.2, 0) is 12.6 Å². The van der Waals surface area contributed by atoms with E-state index in [0.717, 1.165) is 6.07 Å². The van der Waals surface area contributed by atoms with E-state index in [1.165, 1.54) is 0 Å². The zero-order chi connectivity index (χ0) is 19.0. The number of alkyl halides is 3. The van der Waals surface area contributed by atoms with Crippen molar-refractivity contribution in [1.29, 1.82) is 0 Å². The lowest BCUT2D eigenvalue weighted by Crippen LogP contribution is -2.07. The van der Waals surface area contributed by atoms with E-state index in [9.17, 15) is 13.2 Å². The molecule has 0 fully saturated rings. The van der Waals surface area contributed by atoms with E-state index >= 15 is 0 Å². The van der Waals surface area contributed by atoms with Crippen LogP contribution >= 0.6 is 0 Å². The number of aryl methyl sites for hydroxylation is 1. The smallest absolute Gasteiger partial charge is 0.342 e. The van der Waals surface area contributed by atoms with Crippen LogP contribution in [0.15, 0.2) is 48.8 Å². The second kappa shape index (κ2) is 6.46. The Bertz CT molecular complexity index is 1100. The Kier molecular flexibility index (Phi) is 4.10. The van der Waals surface area contributed by atoms with Crippen LogP contribution in [0.2, 0.25) is 0 Å². The highest BCUT2D eigenvalue weighted by Gasteiger charge is 2.34. The zero-order valence-corrected chi connectivity index (χ0v) is 14.2. The van der Waals surface area contributed by atoms with Gasteiger partial charge in [-0.05, 0) is 42.8 Å². The van der Waals surface area contributed by atoms with Gasteiger partial charge in [0.1, 0.15) is 17.2 Å². The summed E-state index contributed by atoms with van der Waals surface area (Å²) in [6.07, 6.45) is -1.10. The Labute approximate surface area is 152 Å². The highest BCUT2D eigenvalue weighted by molar-refractivity contribution is 5.80. The Hall–Kier alpha value is -3.29. The van der Waals surface area contributed by atoms with Gasteiger partial charge >= 0.3 is 6.18 Å². The summed E-state index contributed by atoms with van der Waals surface area (Å²) in [7, 11) is 0. The molecule has 0 unspecified atom stereocenters. The van der Waals surface area contributed by atoms with Gasteiger partial charge in [-0.15, -0.1) is 0 Å². The molecular weight excluding hydrogens is 355 g/mol. The lowest BCUT2D eigenvalue weighted by molar-refractivity contribution is -0.136. The van der Waals surface area contributed by atoms with Crippen LogP contribution in [-0.4, -0.2) is 24.9 Å². The number of hydrogen-bond acceptors (Lipinski definition) is 4. The predicted molar refractivity (Wildman–Crippen MR) is 93.9 cm³/mol. The number of aromatic amines is 1. The van der Waals surface area contributed by atoms with Gasteiger partial charge in [0.05, 0.1) is 22.5 Å². The molecule has 1 aromatic carbocycles. The third-order valence-electron chi connectivity index (χ3n) is 4.07. The summed E-state index contributed by atoms with van der Waals surface area (Å²) in [6.45, 7) is 1.62. The number of imidazole rings is 1. The minimum Gasteiger partial charge on any atom is -0.342 e. The van der Waals surface area contributed by atoms with Crippen LogP contribution in [0.1, 0.15) is 22.8 Å². The molecule has 8 heteroatoms. The maximum absolute atomic E-state index is 13.4. The monoisotopic (exact) mass is 369 g/mol. The van der Waals surface area contributed by atoms with Gasteiger partial charge in [-0.2, -0.15) is 13.2 Å². The molecule has 27 heavy (non-hydrogen) atoms.